The van der Waals surface area contributed by atoms with Crippen molar-refractivity contribution in [2.45, 2.75) is 17.8 Å². The van der Waals surface area contributed by atoms with Crippen molar-refractivity contribution in [3.63, 3.8) is 0 Å². The zero-order chi connectivity index (χ0) is 16.9. The van der Waals surface area contributed by atoms with Gasteiger partial charge in [0.2, 0.25) is 5.16 Å². The molecular formula is C17H14BrClN4S. The summed E-state index contributed by atoms with van der Waals surface area (Å²) in [5, 5.41) is 14.2. The van der Waals surface area contributed by atoms with Gasteiger partial charge in [0.05, 0.1) is 6.21 Å². The van der Waals surface area contributed by atoms with Gasteiger partial charge < -0.3 is 0 Å². The molecule has 0 saturated heterocycles. The Bertz CT molecular complexity index is 861. The molecule has 0 aliphatic heterocycles. The van der Waals surface area contributed by atoms with Crippen molar-refractivity contribution in [1.82, 2.24) is 14.9 Å². The molecule has 0 aliphatic carbocycles. The molecular weight excluding hydrogens is 408 g/mol. The molecule has 4 nitrogen and oxygen atoms in total. The number of thioether (sulfide) groups is 1. The first-order valence-corrected chi connectivity index (χ1v) is 9.36. The predicted octanol–water partition coefficient (Wildman–Crippen LogP) is 5.18. The van der Waals surface area contributed by atoms with E-state index in [1.165, 1.54) is 5.56 Å². The van der Waals surface area contributed by atoms with Gasteiger partial charge in [-0.25, -0.2) is 0 Å². The van der Waals surface area contributed by atoms with Gasteiger partial charge in [-0.1, -0.05) is 63.6 Å². The maximum atomic E-state index is 6.00. The molecule has 0 fully saturated rings. The van der Waals surface area contributed by atoms with Crippen LogP contribution in [-0.4, -0.2) is 21.1 Å². The van der Waals surface area contributed by atoms with Gasteiger partial charge in [-0.3, -0.25) is 0 Å². The Morgan fingerprint density at radius 1 is 1.21 bits per heavy atom. The van der Waals surface area contributed by atoms with E-state index >= 15 is 0 Å². The molecule has 0 spiro atoms. The van der Waals surface area contributed by atoms with Crippen LogP contribution in [0.15, 0.2) is 63.3 Å². The van der Waals surface area contributed by atoms with E-state index in [2.05, 4.69) is 43.4 Å². The Morgan fingerprint density at radius 3 is 2.75 bits per heavy atom. The fraction of sp³-hybridized carbons (Fsp3) is 0.118. The summed E-state index contributed by atoms with van der Waals surface area (Å²) in [6.07, 6.45) is 1.76. The summed E-state index contributed by atoms with van der Waals surface area (Å²) in [5.41, 5.74) is 2.15. The number of hydrogen-bond acceptors (Lipinski definition) is 4. The lowest BCUT2D eigenvalue weighted by Gasteiger charge is -2.03. The van der Waals surface area contributed by atoms with Crippen LogP contribution in [0, 0.1) is 6.92 Å². The predicted molar refractivity (Wildman–Crippen MR) is 103 cm³/mol. The first-order valence-electron chi connectivity index (χ1n) is 7.21. The lowest BCUT2D eigenvalue weighted by atomic mass is 10.2. The highest BCUT2D eigenvalue weighted by atomic mass is 79.9. The molecule has 0 amide bonds. The standard InChI is InChI=1S/C17H14BrClN4S/c1-12-21-22-17(24-11-13-5-7-15(18)8-6-13)23(12)20-10-14-3-2-4-16(19)9-14/h2-10H,11H2,1H3/b20-10-. The molecule has 3 aromatic rings. The number of benzene rings is 2. The summed E-state index contributed by atoms with van der Waals surface area (Å²) in [6, 6.07) is 15.8. The molecule has 1 heterocycles. The molecule has 0 bridgehead atoms. The maximum Gasteiger partial charge on any atom is 0.212 e. The molecule has 0 radical (unpaired) electrons. The summed E-state index contributed by atoms with van der Waals surface area (Å²) in [6.45, 7) is 1.88. The van der Waals surface area contributed by atoms with Crippen molar-refractivity contribution in [3.05, 3.63) is 75.0 Å². The average molecular weight is 422 g/mol. The van der Waals surface area contributed by atoms with Crippen LogP contribution in [0.1, 0.15) is 17.0 Å². The van der Waals surface area contributed by atoms with Crippen molar-refractivity contribution >= 4 is 45.5 Å². The molecule has 122 valence electrons. The number of rotatable bonds is 5. The average Bonchev–Trinajstić information content (AvgIpc) is 2.92. The van der Waals surface area contributed by atoms with Gasteiger partial charge in [0, 0.05) is 15.2 Å². The van der Waals surface area contributed by atoms with E-state index in [0.29, 0.717) is 5.02 Å². The second-order valence-corrected chi connectivity index (χ2v) is 7.35. The van der Waals surface area contributed by atoms with E-state index in [1.54, 1.807) is 22.7 Å². The number of nitrogens with zero attached hydrogens (tertiary/aromatic N) is 4. The van der Waals surface area contributed by atoms with Crippen molar-refractivity contribution in [1.29, 1.82) is 0 Å². The quantitative estimate of drug-likeness (QED) is 0.421. The number of halogens is 2. The second-order valence-electron chi connectivity index (χ2n) is 5.06. The van der Waals surface area contributed by atoms with Crippen LogP contribution in [0.2, 0.25) is 5.02 Å². The smallest absolute Gasteiger partial charge is 0.192 e. The van der Waals surface area contributed by atoms with E-state index in [9.17, 15) is 0 Å². The van der Waals surface area contributed by atoms with Crippen LogP contribution in [0.25, 0.3) is 0 Å². The number of hydrogen-bond donors (Lipinski definition) is 0. The summed E-state index contributed by atoms with van der Waals surface area (Å²) >= 11 is 11.0. The van der Waals surface area contributed by atoms with Gasteiger partial charge in [-0.15, -0.1) is 10.2 Å². The lowest BCUT2D eigenvalue weighted by molar-refractivity contribution is 0.744. The highest BCUT2D eigenvalue weighted by molar-refractivity contribution is 9.10. The maximum absolute atomic E-state index is 6.00. The highest BCUT2D eigenvalue weighted by Gasteiger charge is 2.08. The van der Waals surface area contributed by atoms with Crippen LogP contribution in [0.4, 0.5) is 0 Å². The summed E-state index contributed by atoms with van der Waals surface area (Å²) in [5.74, 6) is 1.55. The zero-order valence-corrected chi connectivity index (χ0v) is 16.0. The Hall–Kier alpha value is -1.63. The molecule has 3 rings (SSSR count). The minimum absolute atomic E-state index is 0.685. The normalized spacial score (nSPS) is 11.3. The van der Waals surface area contributed by atoms with E-state index in [4.69, 9.17) is 11.6 Å². The van der Waals surface area contributed by atoms with Gasteiger partial charge >= 0.3 is 0 Å². The van der Waals surface area contributed by atoms with Crippen molar-refractivity contribution < 1.29 is 0 Å². The molecule has 7 heteroatoms. The minimum atomic E-state index is 0.685. The van der Waals surface area contributed by atoms with Crippen LogP contribution in [0.5, 0.6) is 0 Å². The van der Waals surface area contributed by atoms with E-state index in [1.807, 2.05) is 43.3 Å². The van der Waals surface area contributed by atoms with Gasteiger partial charge in [-0.05, 0) is 42.3 Å². The fourth-order valence-electron chi connectivity index (χ4n) is 2.00. The molecule has 0 aliphatic rings. The van der Waals surface area contributed by atoms with Crippen molar-refractivity contribution in [2.24, 2.45) is 5.10 Å². The van der Waals surface area contributed by atoms with Crippen molar-refractivity contribution in [2.75, 3.05) is 0 Å². The van der Waals surface area contributed by atoms with E-state index in [0.717, 1.165) is 26.8 Å². The van der Waals surface area contributed by atoms with Crippen molar-refractivity contribution in [3.8, 4) is 0 Å². The topological polar surface area (TPSA) is 43.1 Å². The van der Waals surface area contributed by atoms with Crippen LogP contribution in [-0.2, 0) is 5.75 Å². The molecule has 0 N–H and O–H groups in total. The molecule has 24 heavy (non-hydrogen) atoms. The van der Waals surface area contributed by atoms with Gasteiger partial charge in [-0.2, -0.15) is 9.78 Å². The third-order valence-electron chi connectivity index (χ3n) is 3.22. The van der Waals surface area contributed by atoms with Crippen LogP contribution >= 0.6 is 39.3 Å². The summed E-state index contributed by atoms with van der Waals surface area (Å²) in [7, 11) is 0. The number of aromatic nitrogens is 3. The first-order chi connectivity index (χ1) is 11.6. The Kier molecular flexibility index (Phi) is 5.71. The van der Waals surface area contributed by atoms with Crippen LogP contribution < -0.4 is 0 Å². The zero-order valence-electron chi connectivity index (χ0n) is 12.9. The Morgan fingerprint density at radius 2 is 2.00 bits per heavy atom. The third-order valence-corrected chi connectivity index (χ3v) is 4.97. The molecule has 0 saturated carbocycles. The molecule has 0 atom stereocenters. The lowest BCUT2D eigenvalue weighted by Crippen LogP contribution is -1.96. The molecule has 2 aromatic carbocycles. The van der Waals surface area contributed by atoms with Gasteiger partial charge in [0.25, 0.3) is 0 Å². The highest BCUT2D eigenvalue weighted by Crippen LogP contribution is 2.23. The Balaban J connectivity index is 1.74. The molecule has 0 unspecified atom stereocenters. The monoisotopic (exact) mass is 420 g/mol. The second kappa shape index (κ2) is 7.96. The largest absolute Gasteiger partial charge is 0.212 e. The Labute approximate surface area is 158 Å². The minimum Gasteiger partial charge on any atom is -0.192 e. The first kappa shape index (κ1) is 17.2. The summed E-state index contributed by atoms with van der Waals surface area (Å²) in [4.78, 5) is 0. The fourth-order valence-corrected chi connectivity index (χ4v) is 3.35. The summed E-state index contributed by atoms with van der Waals surface area (Å²) < 4.78 is 2.81. The third kappa shape index (κ3) is 4.47. The van der Waals surface area contributed by atoms with Gasteiger partial charge in [0.15, 0.2) is 5.82 Å². The molecule has 1 aromatic heterocycles. The SMILES string of the molecule is Cc1nnc(SCc2ccc(Br)cc2)n1/N=C\c1cccc(Cl)c1. The number of aryl methyl sites for hydroxylation is 1. The van der Waals surface area contributed by atoms with Crippen LogP contribution in [0.3, 0.4) is 0 Å². The van der Waals surface area contributed by atoms with E-state index in [-0.39, 0.29) is 0 Å². The van der Waals surface area contributed by atoms with Gasteiger partial charge in [0.1, 0.15) is 0 Å². The van der Waals surface area contributed by atoms with E-state index < -0.39 is 0 Å².